The lowest BCUT2D eigenvalue weighted by molar-refractivity contribution is -0.138. The van der Waals surface area contributed by atoms with Crippen LogP contribution in [0.5, 0.6) is 0 Å². The molecule has 0 atom stereocenters. The summed E-state index contributed by atoms with van der Waals surface area (Å²) in [5.41, 5.74) is -0.435. The molecule has 12 heteroatoms. The summed E-state index contributed by atoms with van der Waals surface area (Å²) >= 11 is 0. The Kier molecular flexibility index (Phi) is 5.26. The van der Waals surface area contributed by atoms with Crippen molar-refractivity contribution in [2.75, 3.05) is 0 Å². The lowest BCUT2D eigenvalue weighted by Gasteiger charge is -2.11. The van der Waals surface area contributed by atoms with Gasteiger partial charge in [-0.2, -0.15) is 36.1 Å². The molecule has 1 amide bonds. The second-order valence-electron chi connectivity index (χ2n) is 7.34. The number of pyridine rings is 2. The fourth-order valence-corrected chi connectivity index (χ4v) is 3.53. The molecule has 33 heavy (non-hydrogen) atoms. The van der Waals surface area contributed by atoms with Gasteiger partial charge in [0.25, 0.3) is 0 Å². The highest BCUT2D eigenvalue weighted by Gasteiger charge is 2.32. The Bertz CT molecular complexity index is 1370. The molecule has 6 nitrogen and oxygen atoms in total. The number of nitrogens with one attached hydrogen (secondary N) is 1. The maximum Gasteiger partial charge on any atom is 0.417 e. The minimum Gasteiger partial charge on any atom is -0.331 e. The summed E-state index contributed by atoms with van der Waals surface area (Å²) < 4.78 is 78.4. The molecule has 0 spiro atoms. The Morgan fingerprint density at radius 2 is 1.64 bits per heavy atom. The summed E-state index contributed by atoms with van der Waals surface area (Å²) in [4.78, 5) is 20.8. The van der Waals surface area contributed by atoms with Crippen molar-refractivity contribution in [3.05, 3.63) is 64.7 Å². The molecule has 0 aliphatic rings. The molecule has 4 aromatic rings. The molecule has 3 aromatic heterocycles. The Hall–Kier alpha value is -3.70. The van der Waals surface area contributed by atoms with Crippen LogP contribution in [0.25, 0.3) is 21.8 Å². The normalized spacial score (nSPS) is 12.5. The van der Waals surface area contributed by atoms with Gasteiger partial charge in [0.05, 0.1) is 40.1 Å². The highest BCUT2D eigenvalue weighted by Crippen LogP contribution is 2.34. The highest BCUT2D eigenvalue weighted by atomic mass is 19.4. The topological polar surface area (TPSA) is 72.7 Å². The number of benzene rings is 1. The molecule has 0 fully saturated rings. The summed E-state index contributed by atoms with van der Waals surface area (Å²) in [5.74, 6) is 0. The summed E-state index contributed by atoms with van der Waals surface area (Å²) in [6.45, 7) is 3.05. The van der Waals surface area contributed by atoms with Crippen molar-refractivity contribution in [3.8, 4) is 0 Å². The van der Waals surface area contributed by atoms with Crippen LogP contribution in [-0.4, -0.2) is 25.8 Å². The molecular weight excluding hydrogens is 452 g/mol. The molecule has 172 valence electrons. The Balaban J connectivity index is 1.70. The van der Waals surface area contributed by atoms with Crippen LogP contribution in [0.4, 0.5) is 31.1 Å². The van der Waals surface area contributed by atoms with Gasteiger partial charge >= 0.3 is 18.4 Å². The first-order valence-electron chi connectivity index (χ1n) is 9.53. The third kappa shape index (κ3) is 4.20. The first-order chi connectivity index (χ1) is 15.4. The van der Waals surface area contributed by atoms with E-state index in [0.29, 0.717) is 28.4 Å². The molecule has 0 radical (unpaired) electrons. The minimum absolute atomic E-state index is 0.0492. The number of carbonyl (C=O) groups is 1. The van der Waals surface area contributed by atoms with Crippen LogP contribution in [0, 0.1) is 13.8 Å². The number of nitrogens with zero attached hydrogens (tertiary/aromatic N) is 4. The molecule has 4 rings (SSSR count). The maximum absolute atomic E-state index is 13.1. The summed E-state index contributed by atoms with van der Waals surface area (Å²) in [7, 11) is 0. The van der Waals surface area contributed by atoms with Gasteiger partial charge in [-0.1, -0.05) is 6.07 Å². The summed E-state index contributed by atoms with van der Waals surface area (Å²) in [5, 5.41) is 7.54. The number of aromatic nitrogens is 4. The first-order valence-corrected chi connectivity index (χ1v) is 9.53. The van der Waals surface area contributed by atoms with Gasteiger partial charge < -0.3 is 5.32 Å². The molecule has 0 bridgehead atoms. The van der Waals surface area contributed by atoms with E-state index in [9.17, 15) is 31.1 Å². The van der Waals surface area contributed by atoms with Crippen molar-refractivity contribution in [1.82, 2.24) is 25.1 Å². The quantitative estimate of drug-likeness (QED) is 0.401. The number of amides is 1. The van der Waals surface area contributed by atoms with Gasteiger partial charge in [0.15, 0.2) is 0 Å². The van der Waals surface area contributed by atoms with Gasteiger partial charge in [-0.15, -0.1) is 0 Å². The lowest BCUT2D eigenvalue weighted by Crippen LogP contribution is -2.29. The predicted molar refractivity (Wildman–Crippen MR) is 106 cm³/mol. The van der Waals surface area contributed by atoms with E-state index in [1.165, 1.54) is 6.07 Å². The van der Waals surface area contributed by atoms with E-state index in [-0.39, 0.29) is 23.3 Å². The second-order valence-corrected chi connectivity index (χ2v) is 7.34. The molecule has 1 N–H and O–H groups in total. The smallest absolute Gasteiger partial charge is 0.331 e. The number of hydrogen-bond acceptors (Lipinski definition) is 4. The van der Waals surface area contributed by atoms with Crippen LogP contribution in [-0.2, 0) is 18.9 Å². The number of alkyl halides is 6. The molecule has 3 heterocycles. The van der Waals surface area contributed by atoms with E-state index < -0.39 is 29.5 Å². The SMILES string of the molecule is Cc1nc2cc(C(F)(F)F)ccc2c2c1c(C)nn2C(=O)NCc1ccc(C(F)(F)F)cn1. The molecule has 0 saturated heterocycles. The average Bonchev–Trinajstić information content (AvgIpc) is 3.09. The first kappa shape index (κ1) is 22.5. The monoisotopic (exact) mass is 467 g/mol. The third-order valence-electron chi connectivity index (χ3n) is 5.06. The molecule has 1 aromatic carbocycles. The zero-order valence-electron chi connectivity index (χ0n) is 17.1. The van der Waals surface area contributed by atoms with Crippen LogP contribution < -0.4 is 5.32 Å². The minimum atomic E-state index is -4.55. The fourth-order valence-electron chi connectivity index (χ4n) is 3.53. The van der Waals surface area contributed by atoms with Crippen LogP contribution in [0.15, 0.2) is 36.5 Å². The van der Waals surface area contributed by atoms with E-state index in [0.717, 1.165) is 28.9 Å². The van der Waals surface area contributed by atoms with Crippen molar-refractivity contribution in [2.45, 2.75) is 32.7 Å². The van der Waals surface area contributed by atoms with Crippen molar-refractivity contribution < 1.29 is 31.1 Å². The number of halogens is 6. The van der Waals surface area contributed by atoms with Crippen molar-refractivity contribution in [2.24, 2.45) is 0 Å². The van der Waals surface area contributed by atoms with Crippen molar-refractivity contribution in [3.63, 3.8) is 0 Å². The van der Waals surface area contributed by atoms with Gasteiger partial charge in [0, 0.05) is 22.7 Å². The number of aryl methyl sites for hydroxylation is 2. The van der Waals surface area contributed by atoms with Crippen molar-refractivity contribution in [1.29, 1.82) is 0 Å². The lowest BCUT2D eigenvalue weighted by atomic mass is 10.1. The Labute approximate surface area is 182 Å². The van der Waals surface area contributed by atoms with Crippen LogP contribution in [0.1, 0.15) is 28.2 Å². The zero-order valence-corrected chi connectivity index (χ0v) is 17.1. The van der Waals surface area contributed by atoms with Crippen LogP contribution in [0.3, 0.4) is 0 Å². The van der Waals surface area contributed by atoms with Crippen LogP contribution >= 0.6 is 0 Å². The Morgan fingerprint density at radius 1 is 0.970 bits per heavy atom. The molecule has 0 unspecified atom stereocenters. The van der Waals surface area contributed by atoms with Gasteiger partial charge in [-0.25, -0.2) is 4.79 Å². The number of rotatable bonds is 2. The number of hydrogen-bond donors (Lipinski definition) is 1. The number of carbonyl (C=O) groups excluding carboxylic acids is 1. The second kappa shape index (κ2) is 7.71. The standard InChI is InChI=1S/C21H15F6N5O/c1-10-17-11(2)31-32(18(17)15-6-4-12(20(22,23)24)7-16(15)30-10)19(33)29-9-14-5-3-13(8-28-14)21(25,26)27/h3-8H,9H2,1-2H3,(H,29,33). The van der Waals surface area contributed by atoms with Crippen molar-refractivity contribution >= 4 is 27.8 Å². The van der Waals surface area contributed by atoms with E-state index in [1.54, 1.807) is 13.8 Å². The fraction of sp³-hybridized carbons (Fsp3) is 0.238. The predicted octanol–water partition coefficient (Wildman–Crippen LogP) is 5.39. The number of fused-ring (bicyclic) bond motifs is 3. The highest BCUT2D eigenvalue weighted by molar-refractivity contribution is 6.08. The largest absolute Gasteiger partial charge is 0.417 e. The van der Waals surface area contributed by atoms with E-state index in [2.05, 4.69) is 20.4 Å². The summed E-state index contributed by atoms with van der Waals surface area (Å²) in [6.07, 6.45) is -8.42. The zero-order chi connectivity index (χ0) is 24.1. The van der Waals surface area contributed by atoms with Gasteiger partial charge in [-0.05, 0) is 38.1 Å². The molecule has 0 aliphatic carbocycles. The molecule has 0 saturated carbocycles. The van der Waals surface area contributed by atoms with Gasteiger partial charge in [-0.3, -0.25) is 9.97 Å². The van der Waals surface area contributed by atoms with Gasteiger partial charge in [0.1, 0.15) is 0 Å². The van der Waals surface area contributed by atoms with E-state index >= 15 is 0 Å². The average molecular weight is 467 g/mol. The third-order valence-corrected chi connectivity index (χ3v) is 5.06. The molecular formula is C21H15F6N5O. The van der Waals surface area contributed by atoms with Gasteiger partial charge in [0.2, 0.25) is 0 Å². The van der Waals surface area contributed by atoms with E-state index in [4.69, 9.17) is 0 Å². The summed E-state index contributed by atoms with van der Waals surface area (Å²) in [6, 6.07) is 4.30. The van der Waals surface area contributed by atoms with E-state index in [1.807, 2.05) is 0 Å². The molecule has 0 aliphatic heterocycles. The maximum atomic E-state index is 13.1. The van der Waals surface area contributed by atoms with Crippen LogP contribution in [0.2, 0.25) is 0 Å². The Morgan fingerprint density at radius 3 is 2.24 bits per heavy atom.